The van der Waals surface area contributed by atoms with Crippen molar-refractivity contribution in [1.82, 2.24) is 24.8 Å². The second-order valence-corrected chi connectivity index (χ2v) is 6.05. The van der Waals surface area contributed by atoms with Crippen LogP contribution in [0, 0.1) is 0 Å². The van der Waals surface area contributed by atoms with E-state index in [-0.39, 0.29) is 12.5 Å². The average Bonchev–Trinajstić information content (AvgIpc) is 2.62. The summed E-state index contributed by atoms with van der Waals surface area (Å²) in [5, 5.41) is 10.9. The molecule has 2 aromatic rings. The number of piperidine rings is 1. The Labute approximate surface area is 140 Å². The first-order valence-electron chi connectivity index (χ1n) is 7.83. The van der Waals surface area contributed by atoms with E-state index in [4.69, 9.17) is 0 Å². The number of hydrogen-bond acceptors (Lipinski definition) is 7. The standard InChI is InChI=1S/C16H20N6O2/c1-21(14(23)13-4-8-17-12-20-13)10-16(24)5-2-9-22(11-16)15-18-6-3-7-19-15/h3-4,6-8,12,24H,2,5,9-11H2,1H3. The summed E-state index contributed by atoms with van der Waals surface area (Å²) >= 11 is 0. The maximum atomic E-state index is 12.4. The summed E-state index contributed by atoms with van der Waals surface area (Å²) in [5.74, 6) is 0.360. The van der Waals surface area contributed by atoms with Crippen molar-refractivity contribution in [3.8, 4) is 0 Å². The molecule has 0 bridgehead atoms. The van der Waals surface area contributed by atoms with Crippen LogP contribution in [0.5, 0.6) is 0 Å². The number of nitrogens with zero attached hydrogens (tertiary/aromatic N) is 6. The van der Waals surface area contributed by atoms with Crippen LogP contribution < -0.4 is 4.90 Å². The van der Waals surface area contributed by atoms with Crippen LogP contribution in [0.2, 0.25) is 0 Å². The molecule has 0 aromatic carbocycles. The maximum Gasteiger partial charge on any atom is 0.272 e. The van der Waals surface area contributed by atoms with Crippen LogP contribution in [0.3, 0.4) is 0 Å². The summed E-state index contributed by atoms with van der Waals surface area (Å²) in [6, 6.07) is 3.32. The van der Waals surface area contributed by atoms with Crippen molar-refractivity contribution in [2.75, 3.05) is 31.6 Å². The molecule has 1 amide bonds. The van der Waals surface area contributed by atoms with Gasteiger partial charge in [0.05, 0.1) is 18.7 Å². The van der Waals surface area contributed by atoms with Gasteiger partial charge in [0, 0.05) is 32.2 Å². The molecule has 0 saturated carbocycles. The minimum absolute atomic E-state index is 0.221. The minimum atomic E-state index is -1.01. The number of hydrogen-bond donors (Lipinski definition) is 1. The zero-order chi connectivity index (χ0) is 17.0. The number of amides is 1. The fourth-order valence-corrected chi connectivity index (χ4v) is 2.99. The van der Waals surface area contributed by atoms with Gasteiger partial charge in [0.25, 0.3) is 5.91 Å². The SMILES string of the molecule is CN(CC1(O)CCCN(c2ncccn2)C1)C(=O)c1ccncn1. The Balaban J connectivity index is 1.68. The fourth-order valence-electron chi connectivity index (χ4n) is 2.99. The van der Waals surface area contributed by atoms with Crippen molar-refractivity contribution in [3.63, 3.8) is 0 Å². The van der Waals surface area contributed by atoms with Crippen LogP contribution in [-0.4, -0.2) is 68.1 Å². The van der Waals surface area contributed by atoms with Crippen molar-refractivity contribution in [2.45, 2.75) is 18.4 Å². The summed E-state index contributed by atoms with van der Waals surface area (Å²) in [6.07, 6.45) is 7.66. The summed E-state index contributed by atoms with van der Waals surface area (Å²) in [6.45, 7) is 1.40. The van der Waals surface area contributed by atoms with E-state index >= 15 is 0 Å². The molecule has 0 spiro atoms. The summed E-state index contributed by atoms with van der Waals surface area (Å²) in [4.78, 5) is 32.1. The molecule has 1 saturated heterocycles. The Kier molecular flexibility index (Phi) is 4.66. The molecule has 1 aliphatic rings. The zero-order valence-corrected chi connectivity index (χ0v) is 13.5. The van der Waals surface area contributed by atoms with Gasteiger partial charge in [-0.1, -0.05) is 0 Å². The van der Waals surface area contributed by atoms with Gasteiger partial charge in [-0.25, -0.2) is 19.9 Å². The summed E-state index contributed by atoms with van der Waals surface area (Å²) in [7, 11) is 1.67. The van der Waals surface area contributed by atoms with E-state index in [1.807, 2.05) is 4.90 Å². The average molecular weight is 328 g/mol. The van der Waals surface area contributed by atoms with E-state index < -0.39 is 5.60 Å². The molecular weight excluding hydrogens is 308 g/mol. The molecule has 24 heavy (non-hydrogen) atoms. The molecule has 2 aromatic heterocycles. The van der Waals surface area contributed by atoms with Crippen LogP contribution in [0.1, 0.15) is 23.3 Å². The van der Waals surface area contributed by atoms with Crippen LogP contribution in [0.15, 0.2) is 37.1 Å². The predicted octanol–water partition coefficient (Wildman–Crippen LogP) is 0.370. The third kappa shape index (κ3) is 3.65. The van der Waals surface area contributed by atoms with Gasteiger partial charge in [-0.3, -0.25) is 4.79 Å². The van der Waals surface area contributed by atoms with E-state index in [2.05, 4.69) is 19.9 Å². The molecule has 1 N–H and O–H groups in total. The van der Waals surface area contributed by atoms with Gasteiger partial charge in [-0.2, -0.15) is 0 Å². The Morgan fingerprint density at radius 1 is 1.33 bits per heavy atom. The molecule has 1 fully saturated rings. The minimum Gasteiger partial charge on any atom is -0.386 e. The molecule has 8 heteroatoms. The molecule has 1 atom stereocenters. The van der Waals surface area contributed by atoms with Gasteiger partial charge in [0.1, 0.15) is 12.0 Å². The zero-order valence-electron chi connectivity index (χ0n) is 13.5. The topological polar surface area (TPSA) is 95.3 Å². The third-order valence-corrected chi connectivity index (χ3v) is 4.07. The summed E-state index contributed by atoms with van der Waals surface area (Å²) < 4.78 is 0. The second-order valence-electron chi connectivity index (χ2n) is 6.05. The van der Waals surface area contributed by atoms with Crippen LogP contribution in [0.4, 0.5) is 5.95 Å². The lowest BCUT2D eigenvalue weighted by Crippen LogP contribution is -2.55. The first kappa shape index (κ1) is 16.3. The lowest BCUT2D eigenvalue weighted by molar-refractivity contribution is -0.000444. The quantitative estimate of drug-likeness (QED) is 0.866. The Bertz CT molecular complexity index is 683. The Morgan fingerprint density at radius 2 is 2.12 bits per heavy atom. The number of anilines is 1. The third-order valence-electron chi connectivity index (χ3n) is 4.07. The van der Waals surface area contributed by atoms with E-state index in [0.717, 1.165) is 13.0 Å². The van der Waals surface area contributed by atoms with Gasteiger partial charge < -0.3 is 14.9 Å². The maximum absolute atomic E-state index is 12.4. The first-order chi connectivity index (χ1) is 11.6. The highest BCUT2D eigenvalue weighted by molar-refractivity contribution is 5.92. The number of likely N-dealkylation sites (N-methyl/N-ethyl adjacent to an activating group) is 1. The molecule has 1 aliphatic heterocycles. The fraction of sp³-hybridized carbons (Fsp3) is 0.438. The van der Waals surface area contributed by atoms with Gasteiger partial charge >= 0.3 is 0 Å². The number of aliphatic hydroxyl groups is 1. The molecule has 0 radical (unpaired) electrons. The Morgan fingerprint density at radius 3 is 2.83 bits per heavy atom. The highest BCUT2D eigenvalue weighted by atomic mass is 16.3. The highest BCUT2D eigenvalue weighted by Gasteiger charge is 2.36. The number of aromatic nitrogens is 4. The predicted molar refractivity (Wildman–Crippen MR) is 87.4 cm³/mol. The van der Waals surface area contributed by atoms with Crippen LogP contribution in [-0.2, 0) is 0 Å². The van der Waals surface area contributed by atoms with E-state index in [9.17, 15) is 9.90 Å². The van der Waals surface area contributed by atoms with Crippen molar-refractivity contribution in [2.24, 2.45) is 0 Å². The smallest absolute Gasteiger partial charge is 0.272 e. The second kappa shape index (κ2) is 6.88. The number of rotatable bonds is 4. The molecule has 0 aliphatic carbocycles. The molecular formula is C16H20N6O2. The summed E-state index contributed by atoms with van der Waals surface area (Å²) in [5.41, 5.74) is -0.690. The van der Waals surface area contributed by atoms with Gasteiger partial charge in [0.15, 0.2) is 0 Å². The number of carbonyl (C=O) groups is 1. The molecule has 3 rings (SSSR count). The molecule has 3 heterocycles. The lowest BCUT2D eigenvalue weighted by Gasteiger charge is -2.41. The monoisotopic (exact) mass is 328 g/mol. The van der Waals surface area contributed by atoms with Crippen molar-refractivity contribution in [1.29, 1.82) is 0 Å². The molecule has 126 valence electrons. The van der Waals surface area contributed by atoms with Crippen molar-refractivity contribution in [3.05, 3.63) is 42.7 Å². The van der Waals surface area contributed by atoms with E-state index in [1.165, 1.54) is 17.4 Å². The van der Waals surface area contributed by atoms with E-state index in [0.29, 0.717) is 24.6 Å². The first-order valence-corrected chi connectivity index (χ1v) is 7.83. The highest BCUT2D eigenvalue weighted by Crippen LogP contribution is 2.24. The van der Waals surface area contributed by atoms with E-state index in [1.54, 1.807) is 31.6 Å². The van der Waals surface area contributed by atoms with Gasteiger partial charge in [-0.15, -0.1) is 0 Å². The normalized spacial score (nSPS) is 20.7. The van der Waals surface area contributed by atoms with Crippen LogP contribution in [0.25, 0.3) is 0 Å². The number of β-amino-alcohol motifs (C(OH)–C–C–N with tert-alkyl or cyclic N) is 1. The largest absolute Gasteiger partial charge is 0.386 e. The lowest BCUT2D eigenvalue weighted by atomic mass is 9.92. The number of carbonyl (C=O) groups excluding carboxylic acids is 1. The van der Waals surface area contributed by atoms with Crippen molar-refractivity contribution >= 4 is 11.9 Å². The van der Waals surface area contributed by atoms with Gasteiger partial charge in [-0.05, 0) is 25.0 Å². The molecule has 1 unspecified atom stereocenters. The van der Waals surface area contributed by atoms with Crippen molar-refractivity contribution < 1.29 is 9.90 Å². The molecule has 8 nitrogen and oxygen atoms in total. The Hall–Kier alpha value is -2.61. The van der Waals surface area contributed by atoms with Crippen LogP contribution >= 0.6 is 0 Å². The van der Waals surface area contributed by atoms with Gasteiger partial charge in [0.2, 0.25) is 5.95 Å².